The quantitative estimate of drug-likeness (QED) is 0.145. The molecule has 0 radical (unpaired) electrons. The van der Waals surface area contributed by atoms with Crippen LogP contribution in [0.4, 0.5) is 13.2 Å². The highest BCUT2D eigenvalue weighted by molar-refractivity contribution is 7.98. The van der Waals surface area contributed by atoms with E-state index in [0.717, 1.165) is 57.6 Å². The molecular formula is C34H26ClF3N2O4S2. The van der Waals surface area contributed by atoms with Gasteiger partial charge in [-0.1, -0.05) is 66.2 Å². The minimum absolute atomic E-state index is 0.0542. The number of sulfonamides is 1. The van der Waals surface area contributed by atoms with Crippen molar-refractivity contribution in [3.63, 3.8) is 0 Å². The van der Waals surface area contributed by atoms with Crippen LogP contribution in [0.5, 0.6) is 0 Å². The summed E-state index contributed by atoms with van der Waals surface area (Å²) in [5, 5.41) is 10.3. The molecule has 0 saturated heterocycles. The van der Waals surface area contributed by atoms with Gasteiger partial charge in [-0.25, -0.2) is 22.9 Å². The molecule has 0 bridgehead atoms. The van der Waals surface area contributed by atoms with E-state index in [1.54, 1.807) is 24.3 Å². The fourth-order valence-corrected chi connectivity index (χ4v) is 6.99. The zero-order valence-electron chi connectivity index (χ0n) is 23.9. The Bertz CT molecular complexity index is 2000. The summed E-state index contributed by atoms with van der Waals surface area (Å²) >= 11 is 7.56. The number of nitrogens with one attached hydrogen (secondary N) is 1. The second kappa shape index (κ2) is 14.1. The van der Waals surface area contributed by atoms with Gasteiger partial charge in [-0.3, -0.25) is 0 Å². The molecule has 1 atom stereocenters. The van der Waals surface area contributed by atoms with Crippen molar-refractivity contribution in [2.24, 2.45) is 0 Å². The van der Waals surface area contributed by atoms with E-state index < -0.39 is 33.0 Å². The molecule has 4 aromatic carbocycles. The van der Waals surface area contributed by atoms with Crippen molar-refractivity contribution >= 4 is 62.4 Å². The number of alkyl halides is 3. The number of rotatable bonds is 11. The van der Waals surface area contributed by atoms with Crippen LogP contribution in [-0.4, -0.2) is 31.0 Å². The summed E-state index contributed by atoms with van der Waals surface area (Å²) in [5.74, 6) is -0.599. The Balaban J connectivity index is 1.37. The monoisotopic (exact) mass is 682 g/mol. The van der Waals surface area contributed by atoms with Crippen LogP contribution < -0.4 is 4.72 Å². The Morgan fingerprint density at radius 2 is 1.65 bits per heavy atom. The summed E-state index contributed by atoms with van der Waals surface area (Å²) in [6.07, 6.45) is -0.836. The number of aromatic carboxylic acids is 1. The molecule has 2 N–H and O–H groups in total. The van der Waals surface area contributed by atoms with Crippen LogP contribution in [0.1, 0.15) is 43.6 Å². The number of aromatic nitrogens is 1. The van der Waals surface area contributed by atoms with E-state index in [1.807, 2.05) is 54.6 Å². The highest BCUT2D eigenvalue weighted by Gasteiger charge is 2.30. The van der Waals surface area contributed by atoms with E-state index in [2.05, 4.69) is 9.71 Å². The highest BCUT2D eigenvalue weighted by Crippen LogP contribution is 2.33. The van der Waals surface area contributed by atoms with Gasteiger partial charge >= 0.3 is 12.1 Å². The van der Waals surface area contributed by atoms with Crippen molar-refractivity contribution in [1.29, 1.82) is 0 Å². The fourth-order valence-electron chi connectivity index (χ4n) is 4.55. The number of fused-ring (bicyclic) bond motifs is 1. The lowest BCUT2D eigenvalue weighted by Crippen LogP contribution is -2.28. The molecule has 0 amide bonds. The number of benzene rings is 4. The molecular weight excluding hydrogens is 657 g/mol. The topological polar surface area (TPSA) is 96.4 Å². The minimum Gasteiger partial charge on any atom is -0.478 e. The van der Waals surface area contributed by atoms with Gasteiger partial charge in [0.25, 0.3) is 0 Å². The van der Waals surface area contributed by atoms with Crippen molar-refractivity contribution in [3.8, 4) is 0 Å². The lowest BCUT2D eigenvalue weighted by molar-refractivity contribution is -0.137. The van der Waals surface area contributed by atoms with E-state index in [9.17, 15) is 31.5 Å². The summed E-state index contributed by atoms with van der Waals surface area (Å²) in [6.45, 7) is -0.0542. The van der Waals surface area contributed by atoms with Gasteiger partial charge in [0.15, 0.2) is 0 Å². The van der Waals surface area contributed by atoms with Crippen LogP contribution in [0, 0.1) is 0 Å². The van der Waals surface area contributed by atoms with Crippen molar-refractivity contribution < 1.29 is 31.5 Å². The van der Waals surface area contributed by atoms with E-state index in [-0.39, 0.29) is 17.0 Å². The number of hydrogen-bond donors (Lipinski definition) is 2. The lowest BCUT2D eigenvalue weighted by atomic mass is 10.1. The standard InChI is InChI=1S/C34H26ClF3N2O4S2/c35-28-13-9-24-10-15-29(40-31(24)19-28)14-6-22-2-1-3-26(18-22)32(45-21-23-4-7-25(8-5-23)33(41)42)20-39-46(43,44)30-16-11-27(12-17-30)34(36,37)38/h1-19,32,39H,20-21H2,(H,41,42)/b14-6+. The molecule has 0 aliphatic heterocycles. The maximum absolute atomic E-state index is 13.1. The Morgan fingerprint density at radius 1 is 0.935 bits per heavy atom. The number of nitrogens with zero attached hydrogens (tertiary/aromatic N) is 1. The zero-order valence-corrected chi connectivity index (χ0v) is 26.3. The van der Waals surface area contributed by atoms with Crippen LogP contribution in [0.3, 0.4) is 0 Å². The molecule has 0 aliphatic rings. The first-order chi connectivity index (χ1) is 21.9. The fraction of sp³-hybridized carbons (Fsp3) is 0.118. The van der Waals surface area contributed by atoms with Gasteiger partial charge in [0.05, 0.1) is 27.2 Å². The van der Waals surface area contributed by atoms with Gasteiger partial charge in [-0.2, -0.15) is 13.2 Å². The summed E-state index contributed by atoms with van der Waals surface area (Å²) in [7, 11) is -4.13. The molecule has 236 valence electrons. The number of halogens is 4. The predicted octanol–water partition coefficient (Wildman–Crippen LogP) is 8.73. The average molecular weight is 683 g/mol. The lowest BCUT2D eigenvalue weighted by Gasteiger charge is -2.19. The van der Waals surface area contributed by atoms with Crippen LogP contribution in [0.2, 0.25) is 5.02 Å². The summed E-state index contributed by atoms with van der Waals surface area (Å²) < 4.78 is 67.7. The summed E-state index contributed by atoms with van der Waals surface area (Å²) in [4.78, 5) is 15.6. The van der Waals surface area contributed by atoms with Crippen LogP contribution >= 0.6 is 23.4 Å². The molecule has 12 heteroatoms. The number of pyridine rings is 1. The number of carbonyl (C=O) groups is 1. The Kier molecular flexibility index (Phi) is 10.2. The molecule has 46 heavy (non-hydrogen) atoms. The third-order valence-electron chi connectivity index (χ3n) is 7.01. The largest absolute Gasteiger partial charge is 0.478 e. The molecule has 0 spiro atoms. The van der Waals surface area contributed by atoms with Crippen molar-refractivity contribution in [2.75, 3.05) is 6.54 Å². The van der Waals surface area contributed by atoms with Gasteiger partial charge in [0.2, 0.25) is 10.0 Å². The van der Waals surface area contributed by atoms with Crippen LogP contribution in [0.15, 0.2) is 108 Å². The van der Waals surface area contributed by atoms with Crippen molar-refractivity contribution in [1.82, 2.24) is 9.71 Å². The average Bonchev–Trinajstić information content (AvgIpc) is 3.03. The van der Waals surface area contributed by atoms with E-state index in [0.29, 0.717) is 10.8 Å². The smallest absolute Gasteiger partial charge is 0.416 e. The SMILES string of the molecule is O=C(O)c1ccc(CSC(CNS(=O)(=O)c2ccc(C(F)(F)F)cc2)c2cccc(/C=C/c3ccc4ccc(Cl)cc4n3)c2)cc1. The Labute approximate surface area is 273 Å². The Morgan fingerprint density at radius 3 is 2.35 bits per heavy atom. The van der Waals surface area contributed by atoms with Crippen LogP contribution in [-0.2, 0) is 22.0 Å². The second-order valence-electron chi connectivity index (χ2n) is 10.3. The predicted molar refractivity (Wildman–Crippen MR) is 176 cm³/mol. The molecule has 0 fully saturated rings. The Hall–Kier alpha value is -4.16. The minimum atomic E-state index is -4.59. The maximum Gasteiger partial charge on any atom is 0.416 e. The molecule has 1 aromatic heterocycles. The van der Waals surface area contributed by atoms with Crippen molar-refractivity contribution in [2.45, 2.75) is 22.1 Å². The van der Waals surface area contributed by atoms with Gasteiger partial charge in [0, 0.05) is 28.0 Å². The molecule has 1 unspecified atom stereocenters. The molecule has 5 rings (SSSR count). The number of carboxylic acids is 1. The first kappa shape index (κ1) is 33.2. The maximum atomic E-state index is 13.1. The second-order valence-corrected chi connectivity index (χ2v) is 13.6. The molecule has 0 aliphatic carbocycles. The zero-order chi connectivity index (χ0) is 32.9. The summed E-state index contributed by atoms with van der Waals surface area (Å²) in [6, 6.07) is 26.6. The van der Waals surface area contributed by atoms with Gasteiger partial charge in [0.1, 0.15) is 0 Å². The van der Waals surface area contributed by atoms with Crippen molar-refractivity contribution in [3.05, 3.63) is 142 Å². The normalized spacial score (nSPS) is 12.9. The van der Waals surface area contributed by atoms with Gasteiger partial charge in [-0.05, 0) is 77.4 Å². The molecule has 5 aromatic rings. The van der Waals surface area contributed by atoms with Crippen LogP contribution in [0.25, 0.3) is 23.1 Å². The van der Waals surface area contributed by atoms with Gasteiger partial charge in [-0.15, -0.1) is 11.8 Å². The molecule has 0 saturated carbocycles. The number of hydrogen-bond acceptors (Lipinski definition) is 5. The molecule has 6 nitrogen and oxygen atoms in total. The highest BCUT2D eigenvalue weighted by atomic mass is 35.5. The van der Waals surface area contributed by atoms with Gasteiger partial charge < -0.3 is 5.11 Å². The van der Waals surface area contributed by atoms with E-state index in [1.165, 1.54) is 23.9 Å². The van der Waals surface area contributed by atoms with E-state index >= 15 is 0 Å². The number of thioether (sulfide) groups is 1. The summed E-state index contributed by atoms with van der Waals surface area (Å²) in [5.41, 5.74) is 3.18. The molecule has 1 heterocycles. The number of carboxylic acid groups (broad SMARTS) is 1. The third-order valence-corrected chi connectivity index (χ3v) is 10.0. The first-order valence-corrected chi connectivity index (χ1v) is 16.7. The first-order valence-electron chi connectivity index (χ1n) is 13.8. The third kappa shape index (κ3) is 8.55. The van der Waals surface area contributed by atoms with E-state index in [4.69, 9.17) is 11.6 Å².